The zero-order chi connectivity index (χ0) is 14.2. The molecule has 1 aromatic carbocycles. The largest absolute Gasteiger partial charge is 0.487 e. The standard InChI is InChI=1S/C17H25NO2/c1-17(2)10-14(13-7-3-4-9-16(13)20-17)18-11-12-6-5-8-15(12)19/h3-4,7,9,12,14-15,18-19H,5-6,8,10-11H2,1-2H3. The van der Waals surface area contributed by atoms with Crippen LogP contribution in [0.15, 0.2) is 24.3 Å². The summed E-state index contributed by atoms with van der Waals surface area (Å²) < 4.78 is 6.05. The Hall–Kier alpha value is -1.06. The zero-order valence-electron chi connectivity index (χ0n) is 12.4. The van der Waals surface area contributed by atoms with Crippen molar-refractivity contribution in [1.29, 1.82) is 0 Å². The van der Waals surface area contributed by atoms with Gasteiger partial charge < -0.3 is 15.2 Å². The molecule has 3 nitrogen and oxygen atoms in total. The fourth-order valence-electron chi connectivity index (χ4n) is 3.53. The lowest BCUT2D eigenvalue weighted by Crippen LogP contribution is -2.41. The second-order valence-electron chi connectivity index (χ2n) is 6.82. The van der Waals surface area contributed by atoms with E-state index in [0.29, 0.717) is 12.0 Å². The van der Waals surface area contributed by atoms with Gasteiger partial charge in [0, 0.05) is 24.6 Å². The van der Waals surface area contributed by atoms with Gasteiger partial charge >= 0.3 is 0 Å². The van der Waals surface area contributed by atoms with E-state index in [-0.39, 0.29) is 11.7 Å². The lowest BCUT2D eigenvalue weighted by atomic mass is 9.89. The number of fused-ring (bicyclic) bond motifs is 1. The molecule has 0 saturated heterocycles. The van der Waals surface area contributed by atoms with Gasteiger partial charge in [0.25, 0.3) is 0 Å². The number of para-hydroxylation sites is 1. The van der Waals surface area contributed by atoms with Gasteiger partial charge in [-0.1, -0.05) is 24.6 Å². The number of aliphatic hydroxyl groups excluding tert-OH is 1. The van der Waals surface area contributed by atoms with Crippen molar-refractivity contribution < 1.29 is 9.84 Å². The van der Waals surface area contributed by atoms with Crippen LogP contribution in [0, 0.1) is 5.92 Å². The van der Waals surface area contributed by atoms with Gasteiger partial charge in [-0.3, -0.25) is 0 Å². The molecule has 1 aliphatic heterocycles. The Labute approximate surface area is 121 Å². The predicted octanol–water partition coefficient (Wildman–Crippen LogP) is 3.04. The van der Waals surface area contributed by atoms with E-state index in [1.54, 1.807) is 0 Å². The molecular formula is C17H25NO2. The average Bonchev–Trinajstić information content (AvgIpc) is 2.80. The molecule has 0 bridgehead atoms. The lowest BCUT2D eigenvalue weighted by Gasteiger charge is -2.38. The molecule has 2 N–H and O–H groups in total. The molecular weight excluding hydrogens is 250 g/mol. The van der Waals surface area contributed by atoms with E-state index in [1.165, 1.54) is 5.56 Å². The first kappa shape index (κ1) is 13.9. The Kier molecular flexibility index (Phi) is 3.74. The smallest absolute Gasteiger partial charge is 0.124 e. The maximum atomic E-state index is 9.95. The predicted molar refractivity (Wildman–Crippen MR) is 79.9 cm³/mol. The highest BCUT2D eigenvalue weighted by atomic mass is 16.5. The summed E-state index contributed by atoms with van der Waals surface area (Å²) in [5, 5.41) is 13.6. The zero-order valence-corrected chi connectivity index (χ0v) is 12.4. The van der Waals surface area contributed by atoms with Gasteiger partial charge in [-0.15, -0.1) is 0 Å². The van der Waals surface area contributed by atoms with Crippen molar-refractivity contribution >= 4 is 0 Å². The van der Waals surface area contributed by atoms with Crippen LogP contribution in [0.2, 0.25) is 0 Å². The highest BCUT2D eigenvalue weighted by molar-refractivity contribution is 5.38. The van der Waals surface area contributed by atoms with Gasteiger partial charge in [0.2, 0.25) is 0 Å². The van der Waals surface area contributed by atoms with Gasteiger partial charge in [-0.2, -0.15) is 0 Å². The maximum absolute atomic E-state index is 9.95. The molecule has 0 radical (unpaired) electrons. The summed E-state index contributed by atoms with van der Waals surface area (Å²) in [5.74, 6) is 1.40. The highest BCUT2D eigenvalue weighted by Crippen LogP contribution is 2.39. The summed E-state index contributed by atoms with van der Waals surface area (Å²) in [6.45, 7) is 5.18. The third kappa shape index (κ3) is 2.84. The summed E-state index contributed by atoms with van der Waals surface area (Å²) in [5.41, 5.74) is 1.11. The molecule has 3 unspecified atom stereocenters. The van der Waals surface area contributed by atoms with Crippen LogP contribution in [-0.2, 0) is 0 Å². The van der Waals surface area contributed by atoms with Crippen LogP contribution in [0.1, 0.15) is 51.1 Å². The van der Waals surface area contributed by atoms with Gasteiger partial charge in [-0.25, -0.2) is 0 Å². The molecule has 0 aromatic heterocycles. The average molecular weight is 275 g/mol. The first-order chi connectivity index (χ1) is 9.55. The first-order valence-electron chi connectivity index (χ1n) is 7.74. The molecule has 2 aliphatic rings. The van der Waals surface area contributed by atoms with E-state index in [2.05, 4.69) is 37.4 Å². The van der Waals surface area contributed by atoms with Crippen molar-refractivity contribution in [3.05, 3.63) is 29.8 Å². The van der Waals surface area contributed by atoms with Crippen LogP contribution in [-0.4, -0.2) is 23.4 Å². The summed E-state index contributed by atoms with van der Waals surface area (Å²) in [4.78, 5) is 0. The number of benzene rings is 1. The molecule has 0 spiro atoms. The van der Waals surface area contributed by atoms with E-state index >= 15 is 0 Å². The fourth-order valence-corrected chi connectivity index (χ4v) is 3.53. The molecule has 110 valence electrons. The van der Waals surface area contributed by atoms with E-state index in [4.69, 9.17) is 4.74 Å². The van der Waals surface area contributed by atoms with E-state index < -0.39 is 0 Å². The maximum Gasteiger partial charge on any atom is 0.124 e. The summed E-state index contributed by atoms with van der Waals surface area (Å²) in [7, 11) is 0. The van der Waals surface area contributed by atoms with Crippen molar-refractivity contribution in [3.8, 4) is 5.75 Å². The van der Waals surface area contributed by atoms with E-state index in [0.717, 1.165) is 38.0 Å². The second-order valence-corrected chi connectivity index (χ2v) is 6.82. The van der Waals surface area contributed by atoms with Crippen LogP contribution in [0.3, 0.4) is 0 Å². The Morgan fingerprint density at radius 2 is 2.10 bits per heavy atom. The third-order valence-electron chi connectivity index (χ3n) is 4.62. The van der Waals surface area contributed by atoms with E-state index in [1.807, 2.05) is 6.07 Å². The molecule has 3 rings (SSSR count). The summed E-state index contributed by atoms with van der Waals surface area (Å²) >= 11 is 0. The number of hydrogen-bond acceptors (Lipinski definition) is 3. The fraction of sp³-hybridized carbons (Fsp3) is 0.647. The van der Waals surface area contributed by atoms with Gasteiger partial charge in [0.1, 0.15) is 11.4 Å². The monoisotopic (exact) mass is 275 g/mol. The molecule has 1 aliphatic carbocycles. The second kappa shape index (κ2) is 5.38. The quantitative estimate of drug-likeness (QED) is 0.891. The Balaban J connectivity index is 1.72. The molecule has 1 saturated carbocycles. The first-order valence-corrected chi connectivity index (χ1v) is 7.74. The molecule has 20 heavy (non-hydrogen) atoms. The lowest BCUT2D eigenvalue weighted by molar-refractivity contribution is 0.0626. The van der Waals surface area contributed by atoms with Crippen LogP contribution in [0.5, 0.6) is 5.75 Å². The normalized spacial score (nSPS) is 31.6. The van der Waals surface area contributed by atoms with Crippen molar-refractivity contribution in [2.24, 2.45) is 5.92 Å². The molecule has 1 aromatic rings. The molecule has 3 heteroatoms. The molecule has 3 atom stereocenters. The van der Waals surface area contributed by atoms with Crippen molar-refractivity contribution in [3.63, 3.8) is 0 Å². The molecule has 1 heterocycles. The van der Waals surface area contributed by atoms with E-state index in [9.17, 15) is 5.11 Å². The van der Waals surface area contributed by atoms with Gasteiger partial charge in [-0.05, 0) is 38.7 Å². The molecule has 0 amide bonds. The van der Waals surface area contributed by atoms with Crippen LogP contribution >= 0.6 is 0 Å². The van der Waals surface area contributed by atoms with Crippen molar-refractivity contribution in [1.82, 2.24) is 5.32 Å². The molecule has 1 fully saturated rings. The number of hydrogen-bond donors (Lipinski definition) is 2. The minimum absolute atomic E-state index is 0.120. The van der Waals surface area contributed by atoms with Crippen LogP contribution in [0.4, 0.5) is 0 Å². The highest BCUT2D eigenvalue weighted by Gasteiger charge is 2.34. The number of aliphatic hydroxyl groups is 1. The van der Waals surface area contributed by atoms with Gasteiger partial charge in [0.05, 0.1) is 6.10 Å². The minimum Gasteiger partial charge on any atom is -0.487 e. The van der Waals surface area contributed by atoms with Crippen molar-refractivity contribution in [2.45, 2.75) is 57.3 Å². The Morgan fingerprint density at radius 3 is 2.85 bits per heavy atom. The number of nitrogens with one attached hydrogen (secondary N) is 1. The Bertz CT molecular complexity index is 472. The van der Waals surface area contributed by atoms with Crippen LogP contribution in [0.25, 0.3) is 0 Å². The number of ether oxygens (including phenoxy) is 1. The van der Waals surface area contributed by atoms with Crippen LogP contribution < -0.4 is 10.1 Å². The van der Waals surface area contributed by atoms with Gasteiger partial charge in [0.15, 0.2) is 0 Å². The number of rotatable bonds is 3. The Morgan fingerprint density at radius 1 is 1.30 bits per heavy atom. The summed E-state index contributed by atoms with van der Waals surface area (Å²) in [6.07, 6.45) is 4.10. The third-order valence-corrected chi connectivity index (χ3v) is 4.62. The van der Waals surface area contributed by atoms with Crippen molar-refractivity contribution in [2.75, 3.05) is 6.54 Å². The topological polar surface area (TPSA) is 41.5 Å². The summed E-state index contributed by atoms with van der Waals surface area (Å²) in [6, 6.07) is 8.61. The SMILES string of the molecule is CC1(C)CC(NCC2CCCC2O)c2ccccc2O1. The minimum atomic E-state index is -0.139.